The highest BCUT2D eigenvalue weighted by molar-refractivity contribution is 5.97. The van der Waals surface area contributed by atoms with Gasteiger partial charge < -0.3 is 9.15 Å². The Kier molecular flexibility index (Phi) is 5.80. The molecule has 122 valence electrons. The molecule has 6 nitrogen and oxygen atoms in total. The van der Waals surface area contributed by atoms with Crippen LogP contribution in [-0.4, -0.2) is 18.4 Å². The zero-order valence-electron chi connectivity index (χ0n) is 13.2. The molecule has 0 spiro atoms. The van der Waals surface area contributed by atoms with Crippen molar-refractivity contribution in [1.82, 2.24) is 10.9 Å². The number of furan rings is 1. The number of nitrogens with one attached hydrogen (secondary N) is 2. The number of amides is 2. The van der Waals surface area contributed by atoms with E-state index in [2.05, 4.69) is 24.7 Å². The summed E-state index contributed by atoms with van der Waals surface area (Å²) in [6, 6.07) is 9.82. The molecule has 0 aliphatic heterocycles. The molecular weight excluding hydrogens is 296 g/mol. The van der Waals surface area contributed by atoms with Crippen LogP contribution in [0.15, 0.2) is 47.1 Å². The van der Waals surface area contributed by atoms with Gasteiger partial charge in [0.1, 0.15) is 5.75 Å². The Labute approximate surface area is 134 Å². The average Bonchev–Trinajstić information content (AvgIpc) is 3.07. The second-order valence-electron chi connectivity index (χ2n) is 5.44. The number of hydrazine groups is 1. The fraction of sp³-hybridized carbons (Fsp3) is 0.294. The molecule has 0 radical (unpaired) electrons. The molecule has 1 aromatic heterocycles. The van der Waals surface area contributed by atoms with Crippen molar-refractivity contribution in [1.29, 1.82) is 0 Å². The predicted molar refractivity (Wildman–Crippen MR) is 85.0 cm³/mol. The SMILES string of the molecule is CC(C)CCOc1ccc(C(=O)NNC(=O)c2ccco2)cc1. The van der Waals surface area contributed by atoms with Crippen molar-refractivity contribution >= 4 is 11.8 Å². The molecule has 0 saturated heterocycles. The number of rotatable bonds is 6. The fourth-order valence-electron chi connectivity index (χ4n) is 1.77. The minimum absolute atomic E-state index is 0.124. The molecule has 0 aliphatic rings. The van der Waals surface area contributed by atoms with Gasteiger partial charge in [0.15, 0.2) is 5.76 Å². The Bertz CT molecular complexity index is 633. The van der Waals surface area contributed by atoms with Crippen LogP contribution in [0.25, 0.3) is 0 Å². The molecule has 2 N–H and O–H groups in total. The minimum atomic E-state index is -0.517. The standard InChI is InChI=1S/C17H20N2O4/c1-12(2)9-11-22-14-7-5-13(6-8-14)16(20)18-19-17(21)15-4-3-10-23-15/h3-8,10,12H,9,11H2,1-2H3,(H,18,20)(H,19,21). The summed E-state index contributed by atoms with van der Waals surface area (Å²) >= 11 is 0. The molecule has 0 bridgehead atoms. The van der Waals surface area contributed by atoms with Crippen molar-refractivity contribution in [2.24, 2.45) is 5.92 Å². The second kappa shape index (κ2) is 8.03. The molecule has 6 heteroatoms. The van der Waals surface area contributed by atoms with Gasteiger partial charge in [0.25, 0.3) is 5.91 Å². The van der Waals surface area contributed by atoms with Gasteiger partial charge in [-0.05, 0) is 48.7 Å². The lowest BCUT2D eigenvalue weighted by molar-refractivity contribution is 0.0831. The Morgan fingerprint density at radius 2 is 1.78 bits per heavy atom. The maximum absolute atomic E-state index is 11.9. The van der Waals surface area contributed by atoms with E-state index in [0.717, 1.165) is 6.42 Å². The maximum Gasteiger partial charge on any atom is 0.305 e. The van der Waals surface area contributed by atoms with Crippen LogP contribution in [-0.2, 0) is 0 Å². The van der Waals surface area contributed by atoms with Gasteiger partial charge in [-0.1, -0.05) is 13.8 Å². The summed E-state index contributed by atoms with van der Waals surface area (Å²) < 4.78 is 10.5. The van der Waals surface area contributed by atoms with Crippen molar-refractivity contribution in [3.8, 4) is 5.75 Å². The summed E-state index contributed by atoms with van der Waals surface area (Å²) in [6.45, 7) is 4.91. The molecule has 0 fully saturated rings. The van der Waals surface area contributed by atoms with Crippen molar-refractivity contribution in [3.05, 3.63) is 54.0 Å². The monoisotopic (exact) mass is 316 g/mol. The van der Waals surface area contributed by atoms with E-state index in [4.69, 9.17) is 9.15 Å². The van der Waals surface area contributed by atoms with Gasteiger partial charge in [0, 0.05) is 5.56 Å². The average molecular weight is 316 g/mol. The summed E-state index contributed by atoms with van der Waals surface area (Å²) in [5, 5.41) is 0. The molecule has 1 heterocycles. The van der Waals surface area contributed by atoms with Crippen LogP contribution in [0.3, 0.4) is 0 Å². The van der Waals surface area contributed by atoms with Gasteiger partial charge in [-0.3, -0.25) is 20.4 Å². The molecular formula is C17H20N2O4. The Morgan fingerprint density at radius 1 is 1.09 bits per heavy atom. The van der Waals surface area contributed by atoms with Crippen LogP contribution in [0.2, 0.25) is 0 Å². The van der Waals surface area contributed by atoms with Crippen molar-refractivity contribution in [2.45, 2.75) is 20.3 Å². The smallest absolute Gasteiger partial charge is 0.305 e. The lowest BCUT2D eigenvalue weighted by Crippen LogP contribution is -2.41. The first kappa shape index (κ1) is 16.6. The van der Waals surface area contributed by atoms with E-state index < -0.39 is 11.8 Å². The topological polar surface area (TPSA) is 80.6 Å². The molecule has 2 aromatic rings. The largest absolute Gasteiger partial charge is 0.494 e. The lowest BCUT2D eigenvalue weighted by Gasteiger charge is -2.09. The third kappa shape index (κ3) is 5.18. The summed E-state index contributed by atoms with van der Waals surface area (Å²) in [5.74, 6) is 0.481. The normalized spacial score (nSPS) is 10.4. The van der Waals surface area contributed by atoms with E-state index in [-0.39, 0.29) is 5.76 Å². The van der Waals surface area contributed by atoms with Gasteiger partial charge >= 0.3 is 5.91 Å². The molecule has 0 unspecified atom stereocenters. The van der Waals surface area contributed by atoms with Crippen molar-refractivity contribution < 1.29 is 18.7 Å². The van der Waals surface area contributed by atoms with Gasteiger partial charge in [-0.15, -0.1) is 0 Å². The summed E-state index contributed by atoms with van der Waals surface area (Å²) in [5.41, 5.74) is 5.02. The third-order valence-corrected chi connectivity index (χ3v) is 3.11. The first-order valence-electron chi connectivity index (χ1n) is 7.43. The summed E-state index contributed by atoms with van der Waals surface area (Å²) in [6.07, 6.45) is 2.36. The van der Waals surface area contributed by atoms with Gasteiger partial charge in [-0.25, -0.2) is 0 Å². The van der Waals surface area contributed by atoms with Crippen LogP contribution in [0, 0.1) is 5.92 Å². The van der Waals surface area contributed by atoms with Crippen LogP contribution >= 0.6 is 0 Å². The minimum Gasteiger partial charge on any atom is -0.494 e. The van der Waals surface area contributed by atoms with Crippen LogP contribution in [0.1, 0.15) is 41.2 Å². The zero-order valence-corrected chi connectivity index (χ0v) is 13.2. The second-order valence-corrected chi connectivity index (χ2v) is 5.44. The van der Waals surface area contributed by atoms with Crippen molar-refractivity contribution in [2.75, 3.05) is 6.61 Å². The van der Waals surface area contributed by atoms with E-state index in [1.54, 1.807) is 30.3 Å². The fourth-order valence-corrected chi connectivity index (χ4v) is 1.77. The Morgan fingerprint density at radius 3 is 2.39 bits per heavy atom. The highest BCUT2D eigenvalue weighted by Gasteiger charge is 2.11. The van der Waals surface area contributed by atoms with Gasteiger partial charge in [0.05, 0.1) is 12.9 Å². The Hall–Kier alpha value is -2.76. The van der Waals surface area contributed by atoms with E-state index in [1.807, 2.05) is 0 Å². The number of hydrogen-bond donors (Lipinski definition) is 2. The van der Waals surface area contributed by atoms with Gasteiger partial charge in [0.2, 0.25) is 0 Å². The van der Waals surface area contributed by atoms with Gasteiger partial charge in [-0.2, -0.15) is 0 Å². The van der Waals surface area contributed by atoms with E-state index >= 15 is 0 Å². The quantitative estimate of drug-likeness (QED) is 0.803. The van der Waals surface area contributed by atoms with E-state index in [0.29, 0.717) is 23.8 Å². The van der Waals surface area contributed by atoms with E-state index in [1.165, 1.54) is 12.3 Å². The molecule has 2 amide bonds. The number of benzene rings is 1. The predicted octanol–water partition coefficient (Wildman–Crippen LogP) is 2.78. The number of carbonyl (C=O) groups excluding carboxylic acids is 2. The number of carbonyl (C=O) groups is 2. The van der Waals surface area contributed by atoms with Crippen molar-refractivity contribution in [3.63, 3.8) is 0 Å². The third-order valence-electron chi connectivity index (χ3n) is 3.11. The molecule has 0 atom stereocenters. The molecule has 0 aliphatic carbocycles. The van der Waals surface area contributed by atoms with Crippen LogP contribution < -0.4 is 15.6 Å². The maximum atomic E-state index is 11.9. The molecule has 1 aromatic carbocycles. The number of ether oxygens (including phenoxy) is 1. The molecule has 0 saturated carbocycles. The van der Waals surface area contributed by atoms with Crippen LogP contribution in [0.5, 0.6) is 5.75 Å². The van der Waals surface area contributed by atoms with E-state index in [9.17, 15) is 9.59 Å². The summed E-state index contributed by atoms with van der Waals surface area (Å²) in [4.78, 5) is 23.6. The molecule has 23 heavy (non-hydrogen) atoms. The Balaban J connectivity index is 1.81. The highest BCUT2D eigenvalue weighted by atomic mass is 16.5. The first-order valence-corrected chi connectivity index (χ1v) is 7.43. The lowest BCUT2D eigenvalue weighted by atomic mass is 10.1. The highest BCUT2D eigenvalue weighted by Crippen LogP contribution is 2.13. The van der Waals surface area contributed by atoms with Crippen LogP contribution in [0.4, 0.5) is 0 Å². The summed E-state index contributed by atoms with van der Waals surface area (Å²) in [7, 11) is 0. The first-order chi connectivity index (χ1) is 11.1. The number of hydrogen-bond acceptors (Lipinski definition) is 4. The molecule has 2 rings (SSSR count). The zero-order chi connectivity index (χ0) is 16.7.